The first-order valence-electron chi connectivity index (χ1n) is 8.24. The summed E-state index contributed by atoms with van der Waals surface area (Å²) < 4.78 is 0. The molecule has 2 heterocycles. The van der Waals surface area contributed by atoms with E-state index in [-0.39, 0.29) is 0 Å². The first-order valence-corrected chi connectivity index (χ1v) is 9.06. The average Bonchev–Trinajstić information content (AvgIpc) is 2.85. The van der Waals surface area contributed by atoms with Gasteiger partial charge in [-0.25, -0.2) is 9.97 Å². The van der Waals surface area contributed by atoms with E-state index in [0.29, 0.717) is 0 Å². The zero-order chi connectivity index (χ0) is 14.8. The van der Waals surface area contributed by atoms with E-state index in [1.54, 1.807) is 16.8 Å². The van der Waals surface area contributed by atoms with Crippen molar-refractivity contribution in [2.24, 2.45) is 5.92 Å². The summed E-state index contributed by atoms with van der Waals surface area (Å²) >= 11 is 1.89. The lowest BCUT2D eigenvalue weighted by molar-refractivity contribution is 0.509. The Labute approximate surface area is 131 Å². The SMILES string of the molecule is CCCCN(CC)c1ncnc2sc3c(c12)CC[C@@H](C)C3. The fourth-order valence-corrected chi connectivity index (χ4v) is 4.61. The summed E-state index contributed by atoms with van der Waals surface area (Å²) in [4.78, 5) is 14.4. The Balaban J connectivity index is 2.06. The molecule has 0 saturated carbocycles. The zero-order valence-electron chi connectivity index (χ0n) is 13.4. The van der Waals surface area contributed by atoms with Crippen LogP contribution in [-0.4, -0.2) is 23.1 Å². The third kappa shape index (κ3) is 2.78. The topological polar surface area (TPSA) is 29.0 Å². The van der Waals surface area contributed by atoms with Crippen LogP contribution in [0.2, 0.25) is 0 Å². The Morgan fingerprint density at radius 2 is 2.19 bits per heavy atom. The van der Waals surface area contributed by atoms with Crippen molar-refractivity contribution in [3.63, 3.8) is 0 Å². The van der Waals surface area contributed by atoms with Gasteiger partial charge in [-0.3, -0.25) is 0 Å². The minimum atomic E-state index is 0.810. The van der Waals surface area contributed by atoms with E-state index in [1.165, 1.54) is 48.1 Å². The Kier molecular flexibility index (Phi) is 4.43. The molecule has 2 aromatic heterocycles. The highest BCUT2D eigenvalue weighted by Gasteiger charge is 2.24. The molecule has 1 atom stereocenters. The Bertz CT molecular complexity index is 620. The zero-order valence-corrected chi connectivity index (χ0v) is 14.2. The highest BCUT2D eigenvalue weighted by molar-refractivity contribution is 7.19. The maximum absolute atomic E-state index is 4.65. The molecule has 0 aliphatic heterocycles. The van der Waals surface area contributed by atoms with Gasteiger partial charge < -0.3 is 4.90 Å². The summed E-state index contributed by atoms with van der Waals surface area (Å²) in [5.41, 5.74) is 1.54. The quantitative estimate of drug-likeness (QED) is 0.817. The van der Waals surface area contributed by atoms with Crippen molar-refractivity contribution in [1.29, 1.82) is 0 Å². The van der Waals surface area contributed by atoms with Crippen LogP contribution in [0.25, 0.3) is 10.2 Å². The van der Waals surface area contributed by atoms with Gasteiger partial charge in [-0.1, -0.05) is 20.3 Å². The molecule has 2 aromatic rings. The number of hydrogen-bond acceptors (Lipinski definition) is 4. The van der Waals surface area contributed by atoms with Gasteiger partial charge in [-0.15, -0.1) is 11.3 Å². The van der Waals surface area contributed by atoms with Gasteiger partial charge in [0.25, 0.3) is 0 Å². The van der Waals surface area contributed by atoms with Crippen molar-refractivity contribution in [2.45, 2.75) is 52.9 Å². The van der Waals surface area contributed by atoms with Crippen molar-refractivity contribution in [3.05, 3.63) is 16.8 Å². The van der Waals surface area contributed by atoms with Gasteiger partial charge >= 0.3 is 0 Å². The summed E-state index contributed by atoms with van der Waals surface area (Å²) in [6.07, 6.45) is 7.91. The van der Waals surface area contributed by atoms with Crippen LogP contribution >= 0.6 is 11.3 Å². The number of unbranched alkanes of at least 4 members (excludes halogenated alkanes) is 1. The molecule has 21 heavy (non-hydrogen) atoms. The third-order valence-electron chi connectivity index (χ3n) is 4.53. The number of thiophene rings is 1. The van der Waals surface area contributed by atoms with Gasteiger partial charge in [0.05, 0.1) is 5.39 Å². The highest BCUT2D eigenvalue weighted by Crippen LogP contribution is 2.40. The molecule has 114 valence electrons. The fraction of sp³-hybridized carbons (Fsp3) is 0.647. The molecule has 0 bridgehead atoms. The lowest BCUT2D eigenvalue weighted by Crippen LogP contribution is -2.25. The van der Waals surface area contributed by atoms with Crippen LogP contribution in [0.5, 0.6) is 0 Å². The van der Waals surface area contributed by atoms with E-state index in [1.807, 2.05) is 11.3 Å². The van der Waals surface area contributed by atoms with Crippen LogP contribution in [0, 0.1) is 5.92 Å². The molecule has 0 aromatic carbocycles. The number of rotatable bonds is 5. The highest BCUT2D eigenvalue weighted by atomic mass is 32.1. The standard InChI is InChI=1S/C17H25N3S/c1-4-6-9-20(5-2)16-15-13-8-7-12(3)10-14(13)21-17(15)19-11-18-16/h11-12H,4-10H2,1-3H3/t12-/m1/s1. The van der Waals surface area contributed by atoms with Crippen molar-refractivity contribution in [1.82, 2.24) is 9.97 Å². The molecule has 0 N–H and O–H groups in total. The van der Waals surface area contributed by atoms with Crippen molar-refractivity contribution in [2.75, 3.05) is 18.0 Å². The largest absolute Gasteiger partial charge is 0.356 e. The van der Waals surface area contributed by atoms with Gasteiger partial charge in [0.15, 0.2) is 0 Å². The van der Waals surface area contributed by atoms with Crippen LogP contribution in [0.1, 0.15) is 50.5 Å². The molecule has 0 unspecified atom stereocenters. The van der Waals surface area contributed by atoms with Gasteiger partial charge in [0.2, 0.25) is 0 Å². The number of aromatic nitrogens is 2. The minimum Gasteiger partial charge on any atom is -0.356 e. The van der Waals surface area contributed by atoms with E-state index >= 15 is 0 Å². The maximum Gasteiger partial charge on any atom is 0.141 e. The van der Waals surface area contributed by atoms with Gasteiger partial charge in [-0.2, -0.15) is 0 Å². The second-order valence-electron chi connectivity index (χ2n) is 6.16. The fourth-order valence-electron chi connectivity index (χ4n) is 3.26. The molecule has 0 spiro atoms. The number of fused-ring (bicyclic) bond motifs is 3. The summed E-state index contributed by atoms with van der Waals surface area (Å²) in [6, 6.07) is 0. The van der Waals surface area contributed by atoms with E-state index in [4.69, 9.17) is 0 Å². The van der Waals surface area contributed by atoms with E-state index in [0.717, 1.165) is 19.0 Å². The molecule has 1 aliphatic carbocycles. The minimum absolute atomic E-state index is 0.810. The Morgan fingerprint density at radius 1 is 1.33 bits per heavy atom. The first-order chi connectivity index (χ1) is 10.2. The molecule has 0 amide bonds. The molecule has 4 heteroatoms. The molecule has 3 rings (SSSR count). The first kappa shape index (κ1) is 14.8. The average molecular weight is 303 g/mol. The predicted molar refractivity (Wildman–Crippen MR) is 91.4 cm³/mol. The van der Waals surface area contributed by atoms with Gasteiger partial charge in [0.1, 0.15) is 17.0 Å². The van der Waals surface area contributed by atoms with Crippen LogP contribution in [0.4, 0.5) is 5.82 Å². The molecule has 0 fully saturated rings. The Morgan fingerprint density at radius 3 is 2.95 bits per heavy atom. The normalized spacial score (nSPS) is 18.0. The van der Waals surface area contributed by atoms with Crippen molar-refractivity contribution >= 4 is 27.4 Å². The van der Waals surface area contributed by atoms with Gasteiger partial charge in [-0.05, 0) is 44.1 Å². The maximum atomic E-state index is 4.65. The monoisotopic (exact) mass is 303 g/mol. The van der Waals surface area contributed by atoms with Crippen molar-refractivity contribution < 1.29 is 0 Å². The van der Waals surface area contributed by atoms with Crippen LogP contribution in [0.15, 0.2) is 6.33 Å². The summed E-state index contributed by atoms with van der Waals surface area (Å²) in [5.74, 6) is 1.98. The van der Waals surface area contributed by atoms with Crippen molar-refractivity contribution in [3.8, 4) is 0 Å². The third-order valence-corrected chi connectivity index (χ3v) is 5.70. The van der Waals surface area contributed by atoms with E-state index in [2.05, 4.69) is 35.6 Å². The smallest absolute Gasteiger partial charge is 0.141 e. The summed E-state index contributed by atoms with van der Waals surface area (Å²) in [7, 11) is 0. The van der Waals surface area contributed by atoms with Crippen LogP contribution < -0.4 is 4.90 Å². The van der Waals surface area contributed by atoms with Crippen LogP contribution in [-0.2, 0) is 12.8 Å². The second kappa shape index (κ2) is 6.30. The summed E-state index contributed by atoms with van der Waals surface area (Å²) in [5, 5.41) is 1.35. The number of anilines is 1. The second-order valence-corrected chi connectivity index (χ2v) is 7.25. The molecule has 0 saturated heterocycles. The molecular formula is C17H25N3S. The lowest BCUT2D eigenvalue weighted by Gasteiger charge is -2.24. The Hall–Kier alpha value is -1.16. The lowest BCUT2D eigenvalue weighted by atomic mass is 9.89. The van der Waals surface area contributed by atoms with Crippen LogP contribution in [0.3, 0.4) is 0 Å². The predicted octanol–water partition coefficient (Wildman–Crippen LogP) is 4.44. The van der Waals surface area contributed by atoms with E-state index in [9.17, 15) is 0 Å². The number of aryl methyl sites for hydroxylation is 1. The molecule has 0 radical (unpaired) electrons. The molecule has 1 aliphatic rings. The molecule has 3 nitrogen and oxygen atoms in total. The number of nitrogens with zero attached hydrogens (tertiary/aromatic N) is 3. The molecular weight excluding hydrogens is 278 g/mol. The number of hydrogen-bond donors (Lipinski definition) is 0. The van der Waals surface area contributed by atoms with Gasteiger partial charge in [0, 0.05) is 18.0 Å². The van der Waals surface area contributed by atoms with E-state index < -0.39 is 0 Å². The summed E-state index contributed by atoms with van der Waals surface area (Å²) in [6.45, 7) is 8.95.